The Morgan fingerprint density at radius 3 is 2.52 bits per heavy atom. The van der Waals surface area contributed by atoms with Crippen LogP contribution in [0.4, 0.5) is 0 Å². The first-order valence-corrected chi connectivity index (χ1v) is 7.57. The lowest BCUT2D eigenvalue weighted by Crippen LogP contribution is -2.18. The van der Waals surface area contributed by atoms with Crippen LogP contribution in [0.1, 0.15) is 29.0 Å². The first-order valence-electron chi connectivity index (χ1n) is 7.57. The van der Waals surface area contributed by atoms with E-state index in [9.17, 15) is 0 Å². The van der Waals surface area contributed by atoms with Crippen LogP contribution in [0.2, 0.25) is 0 Å². The number of benzene rings is 2. The van der Waals surface area contributed by atoms with E-state index in [0.29, 0.717) is 5.92 Å². The van der Waals surface area contributed by atoms with Crippen molar-refractivity contribution in [2.75, 3.05) is 20.7 Å². The highest BCUT2D eigenvalue weighted by atomic mass is 16.5. The lowest BCUT2D eigenvalue weighted by molar-refractivity contribution is 0.408. The van der Waals surface area contributed by atoms with Crippen LogP contribution in [0, 0.1) is 6.92 Å². The molecule has 1 unspecified atom stereocenters. The van der Waals surface area contributed by atoms with Gasteiger partial charge in [0, 0.05) is 6.54 Å². The molecule has 112 valence electrons. The summed E-state index contributed by atoms with van der Waals surface area (Å²) in [6.07, 6.45) is 2.15. The van der Waals surface area contributed by atoms with Crippen LogP contribution in [0.15, 0.2) is 48.5 Å². The highest BCUT2D eigenvalue weighted by molar-refractivity contribution is 5.37. The molecule has 0 fully saturated rings. The molecule has 0 amide bonds. The fourth-order valence-corrected chi connectivity index (χ4v) is 2.79. The van der Waals surface area contributed by atoms with Gasteiger partial charge in [-0.25, -0.2) is 0 Å². The van der Waals surface area contributed by atoms with E-state index in [0.717, 1.165) is 25.1 Å². The average molecular weight is 283 g/mol. The summed E-state index contributed by atoms with van der Waals surface area (Å²) in [6, 6.07) is 17.1. The molecule has 0 bridgehead atoms. The molecular weight excluding hydrogens is 258 g/mol. The predicted octanol–water partition coefficient (Wildman–Crippen LogP) is 3.94. The maximum Gasteiger partial charge on any atom is 0.122 e. The molecule has 0 aromatic heterocycles. The lowest BCUT2D eigenvalue weighted by atomic mass is 9.91. The van der Waals surface area contributed by atoms with Gasteiger partial charge in [-0.1, -0.05) is 48.0 Å². The Kier molecular flexibility index (Phi) is 5.82. The fourth-order valence-electron chi connectivity index (χ4n) is 2.79. The molecule has 2 aromatic carbocycles. The summed E-state index contributed by atoms with van der Waals surface area (Å²) in [5, 5.41) is 3.31. The molecule has 2 nitrogen and oxygen atoms in total. The number of likely N-dealkylation sites (N-methyl/N-ethyl adjacent to an activating group) is 1. The van der Waals surface area contributed by atoms with E-state index in [4.69, 9.17) is 4.74 Å². The third-order valence-electron chi connectivity index (χ3n) is 3.92. The zero-order valence-corrected chi connectivity index (χ0v) is 13.2. The molecule has 0 saturated carbocycles. The summed E-state index contributed by atoms with van der Waals surface area (Å²) in [4.78, 5) is 0. The highest BCUT2D eigenvalue weighted by Gasteiger charge is 2.12. The average Bonchev–Trinajstić information content (AvgIpc) is 2.52. The third-order valence-corrected chi connectivity index (χ3v) is 3.92. The Bertz CT molecular complexity index is 551. The molecule has 0 aliphatic rings. The van der Waals surface area contributed by atoms with Crippen molar-refractivity contribution in [3.05, 3.63) is 65.2 Å². The summed E-state index contributed by atoms with van der Waals surface area (Å²) in [7, 11) is 3.76. The minimum Gasteiger partial charge on any atom is -0.496 e. The van der Waals surface area contributed by atoms with Gasteiger partial charge in [0.1, 0.15) is 5.75 Å². The largest absolute Gasteiger partial charge is 0.496 e. The Hall–Kier alpha value is -1.80. The van der Waals surface area contributed by atoms with E-state index in [1.54, 1.807) is 7.11 Å². The lowest BCUT2D eigenvalue weighted by Gasteiger charge is -2.18. The van der Waals surface area contributed by atoms with Crippen LogP contribution in [0.3, 0.4) is 0 Å². The zero-order chi connectivity index (χ0) is 15.1. The Labute approximate surface area is 128 Å². The second-order valence-corrected chi connectivity index (χ2v) is 5.52. The summed E-state index contributed by atoms with van der Waals surface area (Å²) in [5.74, 6) is 1.53. The summed E-state index contributed by atoms with van der Waals surface area (Å²) in [5.41, 5.74) is 3.99. The SMILES string of the molecule is CNCC(CCc1cc(C)ccc1OC)c1ccccc1. The van der Waals surface area contributed by atoms with E-state index in [-0.39, 0.29) is 0 Å². The Morgan fingerprint density at radius 1 is 1.10 bits per heavy atom. The van der Waals surface area contributed by atoms with Crippen molar-refractivity contribution >= 4 is 0 Å². The molecule has 0 saturated heterocycles. The van der Waals surface area contributed by atoms with E-state index in [1.165, 1.54) is 16.7 Å². The van der Waals surface area contributed by atoms with E-state index in [1.807, 2.05) is 7.05 Å². The molecule has 1 N–H and O–H groups in total. The van der Waals surface area contributed by atoms with Crippen LogP contribution < -0.4 is 10.1 Å². The molecule has 0 radical (unpaired) electrons. The van der Waals surface area contributed by atoms with Gasteiger partial charge >= 0.3 is 0 Å². The van der Waals surface area contributed by atoms with Crippen molar-refractivity contribution in [1.29, 1.82) is 0 Å². The molecule has 2 heteroatoms. The highest BCUT2D eigenvalue weighted by Crippen LogP contribution is 2.26. The number of aryl methyl sites for hydroxylation is 2. The number of nitrogens with one attached hydrogen (secondary N) is 1. The van der Waals surface area contributed by atoms with Gasteiger partial charge in [0.05, 0.1) is 7.11 Å². The van der Waals surface area contributed by atoms with Crippen molar-refractivity contribution in [3.63, 3.8) is 0 Å². The van der Waals surface area contributed by atoms with Crippen molar-refractivity contribution in [2.24, 2.45) is 0 Å². The number of methoxy groups -OCH3 is 1. The summed E-state index contributed by atoms with van der Waals surface area (Å²) in [6.45, 7) is 3.13. The molecule has 0 aliphatic carbocycles. The molecule has 0 aliphatic heterocycles. The van der Waals surface area contributed by atoms with Gasteiger partial charge in [0.15, 0.2) is 0 Å². The van der Waals surface area contributed by atoms with Gasteiger partial charge in [-0.2, -0.15) is 0 Å². The van der Waals surface area contributed by atoms with Crippen LogP contribution in [0.25, 0.3) is 0 Å². The van der Waals surface area contributed by atoms with Crippen molar-refractivity contribution in [2.45, 2.75) is 25.7 Å². The standard InChI is InChI=1S/C19H25NO/c1-15-9-12-19(21-3)17(13-15)10-11-18(14-20-2)16-7-5-4-6-8-16/h4-9,12-13,18,20H,10-11,14H2,1-3H3. The Balaban J connectivity index is 2.10. The van der Waals surface area contributed by atoms with Gasteiger partial charge in [-0.05, 0) is 49.9 Å². The normalized spacial score (nSPS) is 12.1. The van der Waals surface area contributed by atoms with E-state index in [2.05, 4.69) is 60.8 Å². The molecule has 2 aromatic rings. The quantitative estimate of drug-likeness (QED) is 0.831. The van der Waals surface area contributed by atoms with Crippen LogP contribution in [0.5, 0.6) is 5.75 Å². The third kappa shape index (κ3) is 4.33. The van der Waals surface area contributed by atoms with Gasteiger partial charge in [0.25, 0.3) is 0 Å². The van der Waals surface area contributed by atoms with Crippen molar-refractivity contribution in [1.82, 2.24) is 5.32 Å². The second-order valence-electron chi connectivity index (χ2n) is 5.52. The zero-order valence-electron chi connectivity index (χ0n) is 13.2. The topological polar surface area (TPSA) is 21.3 Å². The first-order chi connectivity index (χ1) is 10.2. The Morgan fingerprint density at radius 2 is 1.86 bits per heavy atom. The number of hydrogen-bond acceptors (Lipinski definition) is 2. The minimum absolute atomic E-state index is 0.529. The van der Waals surface area contributed by atoms with E-state index < -0.39 is 0 Å². The molecule has 1 atom stereocenters. The fraction of sp³-hybridized carbons (Fsp3) is 0.368. The van der Waals surface area contributed by atoms with Crippen LogP contribution in [-0.2, 0) is 6.42 Å². The summed E-state index contributed by atoms with van der Waals surface area (Å²) < 4.78 is 5.48. The number of ether oxygens (including phenoxy) is 1. The molecular formula is C19H25NO. The minimum atomic E-state index is 0.529. The van der Waals surface area contributed by atoms with Crippen molar-refractivity contribution < 1.29 is 4.74 Å². The van der Waals surface area contributed by atoms with Crippen LogP contribution in [-0.4, -0.2) is 20.7 Å². The predicted molar refractivity (Wildman–Crippen MR) is 89.2 cm³/mol. The number of rotatable bonds is 7. The van der Waals surface area contributed by atoms with Gasteiger partial charge in [-0.15, -0.1) is 0 Å². The van der Waals surface area contributed by atoms with Gasteiger partial charge in [-0.3, -0.25) is 0 Å². The van der Waals surface area contributed by atoms with Crippen LogP contribution >= 0.6 is 0 Å². The van der Waals surface area contributed by atoms with Crippen molar-refractivity contribution in [3.8, 4) is 5.75 Å². The van der Waals surface area contributed by atoms with Gasteiger partial charge < -0.3 is 10.1 Å². The maximum absolute atomic E-state index is 5.48. The van der Waals surface area contributed by atoms with E-state index >= 15 is 0 Å². The van der Waals surface area contributed by atoms with Gasteiger partial charge in [0.2, 0.25) is 0 Å². The number of hydrogen-bond donors (Lipinski definition) is 1. The smallest absolute Gasteiger partial charge is 0.122 e. The summed E-state index contributed by atoms with van der Waals surface area (Å²) >= 11 is 0. The molecule has 21 heavy (non-hydrogen) atoms. The maximum atomic E-state index is 5.48. The first kappa shape index (κ1) is 15.6. The molecule has 0 spiro atoms. The molecule has 2 rings (SSSR count). The molecule has 0 heterocycles. The monoisotopic (exact) mass is 283 g/mol. The second kappa shape index (κ2) is 7.84.